The maximum atomic E-state index is 10.7. The van der Waals surface area contributed by atoms with E-state index in [-0.39, 0.29) is 6.42 Å². The molecule has 2 rings (SSSR count). The largest absolute Gasteiger partial charge is 0.481 e. The van der Waals surface area contributed by atoms with Crippen molar-refractivity contribution in [1.29, 1.82) is 0 Å². The molecule has 0 spiro atoms. The second-order valence-corrected chi connectivity index (χ2v) is 3.86. The van der Waals surface area contributed by atoms with E-state index in [1.54, 1.807) is 6.07 Å². The second-order valence-electron chi connectivity index (χ2n) is 3.86. The van der Waals surface area contributed by atoms with Gasteiger partial charge in [-0.2, -0.15) is 0 Å². The smallest absolute Gasteiger partial charge is 0.305 e. The van der Waals surface area contributed by atoms with Gasteiger partial charge in [-0.15, -0.1) is 0 Å². The number of nitrogens with one attached hydrogen (secondary N) is 1. The average molecular weight is 244 g/mol. The van der Waals surface area contributed by atoms with E-state index in [9.17, 15) is 9.59 Å². The summed E-state index contributed by atoms with van der Waals surface area (Å²) in [5, 5.41) is 12.2. The van der Waals surface area contributed by atoms with Gasteiger partial charge < -0.3 is 10.4 Å². The summed E-state index contributed by atoms with van der Waals surface area (Å²) in [4.78, 5) is 25.6. The van der Waals surface area contributed by atoms with Crippen LogP contribution in [0.5, 0.6) is 0 Å². The Balaban J connectivity index is 2.37. The predicted octanol–water partition coefficient (Wildman–Crippen LogP) is 1.50. The number of pyridine rings is 1. The van der Waals surface area contributed by atoms with Gasteiger partial charge in [-0.25, -0.2) is 0 Å². The van der Waals surface area contributed by atoms with Gasteiger partial charge >= 0.3 is 5.97 Å². The molecule has 2 aromatic rings. The Morgan fingerprint density at radius 2 is 2.11 bits per heavy atom. The predicted molar refractivity (Wildman–Crippen MR) is 65.9 cm³/mol. The molecule has 1 aromatic heterocycles. The van der Waals surface area contributed by atoms with Crippen molar-refractivity contribution >= 4 is 23.3 Å². The van der Waals surface area contributed by atoms with Gasteiger partial charge in [0, 0.05) is 5.39 Å². The van der Waals surface area contributed by atoms with Crippen molar-refractivity contribution in [3.63, 3.8) is 0 Å². The fraction of sp³-hybridized carbons (Fsp3) is 0.154. The molecule has 2 N–H and O–H groups in total. The molecule has 0 bridgehead atoms. The van der Waals surface area contributed by atoms with Crippen molar-refractivity contribution in [3.8, 4) is 0 Å². The van der Waals surface area contributed by atoms with Gasteiger partial charge in [0.05, 0.1) is 23.7 Å². The van der Waals surface area contributed by atoms with Gasteiger partial charge in [0.2, 0.25) is 6.41 Å². The highest BCUT2D eigenvalue weighted by Gasteiger charge is 2.16. The first-order chi connectivity index (χ1) is 8.70. The maximum Gasteiger partial charge on any atom is 0.305 e. The Morgan fingerprint density at radius 1 is 1.33 bits per heavy atom. The summed E-state index contributed by atoms with van der Waals surface area (Å²) in [6, 6.07) is 10.5. The molecule has 0 fully saturated rings. The number of fused-ring (bicyclic) bond motifs is 1. The van der Waals surface area contributed by atoms with Crippen LogP contribution in [0.15, 0.2) is 36.4 Å². The van der Waals surface area contributed by atoms with E-state index in [0.29, 0.717) is 12.1 Å². The van der Waals surface area contributed by atoms with Gasteiger partial charge in [-0.3, -0.25) is 14.6 Å². The quantitative estimate of drug-likeness (QED) is 0.781. The van der Waals surface area contributed by atoms with Crippen molar-refractivity contribution in [3.05, 3.63) is 42.1 Å². The van der Waals surface area contributed by atoms with Gasteiger partial charge in [0.15, 0.2) is 0 Å². The number of hydrogen-bond donors (Lipinski definition) is 2. The molecule has 5 heteroatoms. The minimum atomic E-state index is -0.982. The zero-order valence-electron chi connectivity index (χ0n) is 9.54. The molecule has 5 nitrogen and oxygen atoms in total. The molecule has 1 aromatic carbocycles. The van der Waals surface area contributed by atoms with E-state index in [2.05, 4.69) is 10.3 Å². The summed E-state index contributed by atoms with van der Waals surface area (Å²) in [5.74, 6) is -0.982. The Labute approximate surface area is 103 Å². The van der Waals surface area contributed by atoms with Gasteiger partial charge in [0.1, 0.15) is 0 Å². The number of nitrogens with zero attached hydrogens (tertiary/aromatic N) is 1. The molecule has 0 aliphatic carbocycles. The summed E-state index contributed by atoms with van der Waals surface area (Å²) >= 11 is 0. The first-order valence-electron chi connectivity index (χ1n) is 5.48. The summed E-state index contributed by atoms with van der Waals surface area (Å²) in [6.45, 7) is 0. The molecule has 1 amide bonds. The molecule has 1 heterocycles. The Hall–Kier alpha value is -2.43. The Kier molecular flexibility index (Phi) is 3.52. The minimum Gasteiger partial charge on any atom is -0.481 e. The summed E-state index contributed by atoms with van der Waals surface area (Å²) in [5.41, 5.74) is 1.32. The van der Waals surface area contributed by atoms with E-state index in [4.69, 9.17) is 5.11 Å². The van der Waals surface area contributed by atoms with E-state index in [1.165, 1.54) is 0 Å². The van der Waals surface area contributed by atoms with Gasteiger partial charge in [0.25, 0.3) is 0 Å². The molecule has 0 aliphatic rings. The zero-order chi connectivity index (χ0) is 13.0. The zero-order valence-corrected chi connectivity index (χ0v) is 9.54. The molecular formula is C13H12N2O3. The van der Waals surface area contributed by atoms with Crippen molar-refractivity contribution in [2.75, 3.05) is 0 Å². The number of aliphatic carboxylic acids is 1. The van der Waals surface area contributed by atoms with Crippen LogP contribution in [-0.2, 0) is 9.59 Å². The fourth-order valence-corrected chi connectivity index (χ4v) is 1.78. The van der Waals surface area contributed by atoms with E-state index >= 15 is 0 Å². The number of rotatable bonds is 5. The SMILES string of the molecule is O=CN[C@@H](CC(=O)O)c1ccc2ccccc2n1. The fourth-order valence-electron chi connectivity index (χ4n) is 1.78. The number of carbonyl (C=O) groups excluding carboxylic acids is 1. The van der Waals surface area contributed by atoms with Crippen molar-refractivity contribution in [2.45, 2.75) is 12.5 Å². The number of aromatic nitrogens is 1. The Bertz CT molecular complexity index is 583. The molecule has 0 unspecified atom stereocenters. The molecule has 0 aliphatic heterocycles. The lowest BCUT2D eigenvalue weighted by molar-refractivity contribution is -0.137. The highest BCUT2D eigenvalue weighted by molar-refractivity contribution is 5.78. The lowest BCUT2D eigenvalue weighted by atomic mass is 10.1. The number of carboxylic acids is 1. The molecule has 18 heavy (non-hydrogen) atoms. The van der Waals surface area contributed by atoms with Crippen molar-refractivity contribution in [1.82, 2.24) is 10.3 Å². The van der Waals surface area contributed by atoms with Crippen LogP contribution >= 0.6 is 0 Å². The first kappa shape index (κ1) is 12.0. The van der Waals surface area contributed by atoms with Crippen molar-refractivity contribution < 1.29 is 14.7 Å². The van der Waals surface area contributed by atoms with E-state index in [1.807, 2.05) is 30.3 Å². The van der Waals surface area contributed by atoms with E-state index in [0.717, 1.165) is 10.9 Å². The van der Waals surface area contributed by atoms with Crippen LogP contribution in [0.1, 0.15) is 18.2 Å². The third-order valence-electron chi connectivity index (χ3n) is 2.62. The number of carboxylic acid groups (broad SMARTS) is 1. The molecule has 0 saturated carbocycles. The first-order valence-corrected chi connectivity index (χ1v) is 5.48. The van der Waals surface area contributed by atoms with Crippen LogP contribution in [-0.4, -0.2) is 22.5 Å². The topological polar surface area (TPSA) is 79.3 Å². The Morgan fingerprint density at radius 3 is 2.83 bits per heavy atom. The standard InChI is InChI=1S/C13H12N2O3/c16-8-14-12(7-13(17)18)11-6-5-9-3-1-2-4-10(9)15-11/h1-6,8,12H,7H2,(H,14,16)(H,17,18)/t12-/m0/s1. The molecule has 92 valence electrons. The van der Waals surface area contributed by atoms with Gasteiger partial charge in [-0.1, -0.05) is 24.3 Å². The van der Waals surface area contributed by atoms with Crippen LogP contribution in [0, 0.1) is 0 Å². The number of amides is 1. The van der Waals surface area contributed by atoms with Crippen LogP contribution in [0.4, 0.5) is 0 Å². The molecular weight excluding hydrogens is 232 g/mol. The number of para-hydroxylation sites is 1. The highest BCUT2D eigenvalue weighted by atomic mass is 16.4. The maximum absolute atomic E-state index is 10.7. The van der Waals surface area contributed by atoms with Crippen LogP contribution in [0.25, 0.3) is 10.9 Å². The normalized spacial score (nSPS) is 12.0. The van der Waals surface area contributed by atoms with E-state index < -0.39 is 12.0 Å². The molecule has 0 saturated heterocycles. The molecule has 0 radical (unpaired) electrons. The number of benzene rings is 1. The minimum absolute atomic E-state index is 0.190. The summed E-state index contributed by atoms with van der Waals surface area (Å²) < 4.78 is 0. The summed E-state index contributed by atoms with van der Waals surface area (Å²) in [7, 11) is 0. The average Bonchev–Trinajstić information content (AvgIpc) is 2.37. The third kappa shape index (κ3) is 2.63. The highest BCUT2D eigenvalue weighted by Crippen LogP contribution is 2.18. The monoisotopic (exact) mass is 244 g/mol. The molecule has 1 atom stereocenters. The number of hydrogen-bond acceptors (Lipinski definition) is 3. The lowest BCUT2D eigenvalue weighted by Crippen LogP contribution is -2.23. The van der Waals surface area contributed by atoms with Crippen LogP contribution in [0.3, 0.4) is 0 Å². The summed E-state index contributed by atoms with van der Waals surface area (Å²) in [6.07, 6.45) is 0.300. The van der Waals surface area contributed by atoms with Crippen molar-refractivity contribution in [2.24, 2.45) is 0 Å². The van der Waals surface area contributed by atoms with Crippen LogP contribution < -0.4 is 5.32 Å². The third-order valence-corrected chi connectivity index (χ3v) is 2.62. The van der Waals surface area contributed by atoms with Gasteiger partial charge in [-0.05, 0) is 12.1 Å². The lowest BCUT2D eigenvalue weighted by Gasteiger charge is -2.13. The second kappa shape index (κ2) is 5.27. The van der Waals surface area contributed by atoms with Crippen LogP contribution in [0.2, 0.25) is 0 Å². The number of carbonyl (C=O) groups is 2.